The van der Waals surface area contributed by atoms with E-state index in [1.807, 2.05) is 72.8 Å². The van der Waals surface area contributed by atoms with Gasteiger partial charge in [0.25, 0.3) is 0 Å². The predicted molar refractivity (Wildman–Crippen MR) is 156 cm³/mol. The first-order chi connectivity index (χ1) is 19.0. The minimum atomic E-state index is -0.678. The van der Waals surface area contributed by atoms with Crippen LogP contribution in [-0.2, 0) is 16.0 Å². The molecule has 0 aliphatic heterocycles. The lowest BCUT2D eigenvalue weighted by atomic mass is 10.00. The van der Waals surface area contributed by atoms with Crippen LogP contribution in [0.3, 0.4) is 0 Å². The Kier molecular flexibility index (Phi) is 9.98. The molecule has 0 aliphatic carbocycles. The minimum Gasteiger partial charge on any atom is -0.494 e. The van der Waals surface area contributed by atoms with Gasteiger partial charge in [-0.15, -0.1) is 0 Å². The molecule has 0 aromatic heterocycles. The van der Waals surface area contributed by atoms with E-state index in [2.05, 4.69) is 10.6 Å². The molecule has 0 amide bonds. The number of para-hydroxylation sites is 2. The zero-order valence-corrected chi connectivity index (χ0v) is 22.5. The zero-order valence-electron chi connectivity index (χ0n) is 21.7. The van der Waals surface area contributed by atoms with E-state index in [1.165, 1.54) is 7.11 Å². The molecule has 39 heavy (non-hydrogen) atoms. The summed E-state index contributed by atoms with van der Waals surface area (Å²) in [7, 11) is 1.36. The summed E-state index contributed by atoms with van der Waals surface area (Å²) in [5.74, 6) is 0.215. The standard InChI is InChI=1S/C32H31ClN2O4/c1-38-32(37)30(35-28-14-7-5-12-26(28)31(36)24-10-3-2-4-11-24)22-23-16-18-25(19-17-23)39-21-9-20-34-29-15-8-6-13-27(29)33/h2-8,10-19,30,34-35H,9,20-22H2,1H3/t30-/m0/s1. The van der Waals surface area contributed by atoms with Crippen molar-refractivity contribution >= 4 is 34.7 Å². The van der Waals surface area contributed by atoms with Crippen LogP contribution in [-0.4, -0.2) is 38.1 Å². The van der Waals surface area contributed by atoms with Gasteiger partial charge < -0.3 is 20.1 Å². The van der Waals surface area contributed by atoms with E-state index in [9.17, 15) is 9.59 Å². The molecule has 0 fully saturated rings. The number of esters is 1. The van der Waals surface area contributed by atoms with E-state index < -0.39 is 12.0 Å². The number of carbonyl (C=O) groups excluding carboxylic acids is 2. The van der Waals surface area contributed by atoms with Crippen LogP contribution in [0, 0.1) is 0 Å². The lowest BCUT2D eigenvalue weighted by Gasteiger charge is -2.20. The van der Waals surface area contributed by atoms with Crippen LogP contribution in [0.25, 0.3) is 0 Å². The summed E-state index contributed by atoms with van der Waals surface area (Å²) in [6.45, 7) is 1.29. The molecule has 7 heteroatoms. The first-order valence-corrected chi connectivity index (χ1v) is 13.2. The van der Waals surface area contributed by atoms with Crippen molar-refractivity contribution in [3.8, 4) is 5.75 Å². The van der Waals surface area contributed by atoms with Crippen LogP contribution in [0.15, 0.2) is 103 Å². The van der Waals surface area contributed by atoms with E-state index in [-0.39, 0.29) is 5.78 Å². The Morgan fingerprint density at radius 1 is 0.821 bits per heavy atom. The second-order valence-corrected chi connectivity index (χ2v) is 9.32. The van der Waals surface area contributed by atoms with Crippen molar-refractivity contribution in [2.24, 2.45) is 0 Å². The third-order valence-corrected chi connectivity index (χ3v) is 6.50. The van der Waals surface area contributed by atoms with E-state index in [4.69, 9.17) is 21.1 Å². The molecule has 6 nitrogen and oxygen atoms in total. The molecule has 0 spiro atoms. The van der Waals surface area contributed by atoms with Crippen molar-refractivity contribution < 1.29 is 19.1 Å². The molecule has 0 aliphatic rings. The summed E-state index contributed by atoms with van der Waals surface area (Å²) in [6, 6.07) is 30.8. The van der Waals surface area contributed by atoms with Crippen molar-refractivity contribution in [1.82, 2.24) is 0 Å². The number of hydrogen-bond donors (Lipinski definition) is 2. The third-order valence-electron chi connectivity index (χ3n) is 6.17. The highest BCUT2D eigenvalue weighted by Gasteiger charge is 2.22. The Morgan fingerprint density at radius 2 is 1.49 bits per heavy atom. The molecule has 4 aromatic rings. The molecular formula is C32H31ClN2O4. The maximum atomic E-state index is 13.1. The van der Waals surface area contributed by atoms with Gasteiger partial charge in [0.15, 0.2) is 5.78 Å². The van der Waals surface area contributed by atoms with Gasteiger partial charge in [-0.1, -0.05) is 78.3 Å². The van der Waals surface area contributed by atoms with Crippen LogP contribution in [0.4, 0.5) is 11.4 Å². The van der Waals surface area contributed by atoms with Crippen molar-refractivity contribution in [2.75, 3.05) is 30.9 Å². The van der Waals surface area contributed by atoms with E-state index >= 15 is 0 Å². The zero-order chi connectivity index (χ0) is 27.5. The number of benzene rings is 4. The highest BCUT2D eigenvalue weighted by molar-refractivity contribution is 6.33. The number of rotatable bonds is 13. The molecule has 0 radical (unpaired) electrons. The lowest BCUT2D eigenvalue weighted by Crippen LogP contribution is -2.33. The van der Waals surface area contributed by atoms with E-state index in [0.717, 1.165) is 30.0 Å². The van der Waals surface area contributed by atoms with Crippen molar-refractivity contribution in [3.05, 3.63) is 125 Å². The van der Waals surface area contributed by atoms with Crippen LogP contribution in [0.5, 0.6) is 5.75 Å². The molecule has 1 atom stereocenters. The first kappa shape index (κ1) is 27.7. The van der Waals surface area contributed by atoms with E-state index in [0.29, 0.717) is 34.9 Å². The highest BCUT2D eigenvalue weighted by atomic mass is 35.5. The first-order valence-electron chi connectivity index (χ1n) is 12.8. The summed E-state index contributed by atoms with van der Waals surface area (Å²) >= 11 is 6.16. The van der Waals surface area contributed by atoms with Crippen LogP contribution in [0.2, 0.25) is 5.02 Å². The molecule has 2 N–H and O–H groups in total. The van der Waals surface area contributed by atoms with Gasteiger partial charge in [-0.3, -0.25) is 4.79 Å². The molecule has 0 unspecified atom stereocenters. The molecule has 0 heterocycles. The van der Waals surface area contributed by atoms with Gasteiger partial charge in [0.2, 0.25) is 0 Å². The van der Waals surface area contributed by atoms with Crippen molar-refractivity contribution in [2.45, 2.75) is 18.9 Å². The number of ether oxygens (including phenoxy) is 2. The minimum absolute atomic E-state index is 0.120. The second-order valence-electron chi connectivity index (χ2n) is 8.92. The van der Waals surface area contributed by atoms with Crippen molar-refractivity contribution in [3.63, 3.8) is 0 Å². The molecule has 4 rings (SSSR count). The fourth-order valence-electron chi connectivity index (χ4n) is 4.12. The maximum Gasteiger partial charge on any atom is 0.328 e. The van der Waals surface area contributed by atoms with Crippen LogP contribution >= 0.6 is 11.6 Å². The Balaban J connectivity index is 1.34. The normalized spacial score (nSPS) is 11.3. The number of halogens is 1. The Labute approximate surface area is 233 Å². The van der Waals surface area contributed by atoms with Crippen LogP contribution < -0.4 is 15.4 Å². The SMILES string of the molecule is COC(=O)[C@H](Cc1ccc(OCCCNc2ccccc2Cl)cc1)Nc1ccccc1C(=O)c1ccccc1. The van der Waals surface area contributed by atoms with Gasteiger partial charge in [0.1, 0.15) is 11.8 Å². The smallest absolute Gasteiger partial charge is 0.328 e. The van der Waals surface area contributed by atoms with Crippen LogP contribution in [0.1, 0.15) is 27.9 Å². The monoisotopic (exact) mass is 542 g/mol. The maximum absolute atomic E-state index is 13.1. The molecule has 0 saturated carbocycles. The van der Waals surface area contributed by atoms with Crippen molar-refractivity contribution in [1.29, 1.82) is 0 Å². The van der Waals surface area contributed by atoms with Gasteiger partial charge in [0.05, 0.1) is 24.4 Å². The number of hydrogen-bond acceptors (Lipinski definition) is 6. The summed E-state index contributed by atoms with van der Waals surface area (Å²) < 4.78 is 10.9. The third kappa shape index (κ3) is 7.85. The summed E-state index contributed by atoms with van der Waals surface area (Å²) in [6.07, 6.45) is 1.19. The summed E-state index contributed by atoms with van der Waals surface area (Å²) in [5.41, 5.74) is 3.48. The second kappa shape index (κ2) is 14.0. The quantitative estimate of drug-likeness (QED) is 0.112. The fraction of sp³-hybridized carbons (Fsp3) is 0.188. The van der Waals surface area contributed by atoms with Gasteiger partial charge in [-0.05, 0) is 48.4 Å². The van der Waals surface area contributed by atoms with E-state index in [1.54, 1.807) is 30.3 Å². The molecule has 4 aromatic carbocycles. The predicted octanol–water partition coefficient (Wildman–Crippen LogP) is 6.65. The van der Waals surface area contributed by atoms with Gasteiger partial charge in [-0.25, -0.2) is 4.79 Å². The number of anilines is 2. The highest BCUT2D eigenvalue weighted by Crippen LogP contribution is 2.23. The Bertz CT molecular complexity index is 1380. The number of methoxy groups -OCH3 is 1. The number of ketones is 1. The average Bonchev–Trinajstić information content (AvgIpc) is 2.98. The lowest BCUT2D eigenvalue weighted by molar-refractivity contribution is -0.141. The Hall–Kier alpha value is -4.29. The number of nitrogens with one attached hydrogen (secondary N) is 2. The molecule has 0 saturated heterocycles. The molecule has 0 bridgehead atoms. The summed E-state index contributed by atoms with van der Waals surface area (Å²) in [4.78, 5) is 25.8. The average molecular weight is 543 g/mol. The van der Waals surface area contributed by atoms with Gasteiger partial charge >= 0.3 is 5.97 Å². The fourth-order valence-corrected chi connectivity index (χ4v) is 4.33. The van der Waals surface area contributed by atoms with Gasteiger partial charge in [0, 0.05) is 29.8 Å². The molecular weight excluding hydrogens is 512 g/mol. The topological polar surface area (TPSA) is 76.7 Å². The van der Waals surface area contributed by atoms with Gasteiger partial charge in [-0.2, -0.15) is 0 Å². The summed E-state index contributed by atoms with van der Waals surface area (Å²) in [5, 5.41) is 7.23. The molecule has 200 valence electrons. The number of carbonyl (C=O) groups is 2. The largest absolute Gasteiger partial charge is 0.494 e. The Morgan fingerprint density at radius 3 is 2.21 bits per heavy atom.